The first-order valence-electron chi connectivity index (χ1n) is 9.15. The lowest BCUT2D eigenvalue weighted by atomic mass is 9.93. The molecule has 27 heavy (non-hydrogen) atoms. The highest BCUT2D eigenvalue weighted by Gasteiger charge is 2.20. The van der Waals surface area contributed by atoms with Gasteiger partial charge in [-0.3, -0.25) is 4.68 Å². The van der Waals surface area contributed by atoms with Gasteiger partial charge < -0.3 is 4.74 Å². The molecule has 5 heteroatoms. The number of fused-ring (bicyclic) bond motifs is 1. The average molecular weight is 376 g/mol. The lowest BCUT2D eigenvalue weighted by molar-refractivity contribution is 0.290. The number of rotatable bonds is 4. The molecule has 4 nitrogen and oxygen atoms in total. The fraction of sp³-hybridized carbons (Fsp3) is 0.182. The van der Waals surface area contributed by atoms with Crippen LogP contribution in [0.25, 0.3) is 22.2 Å². The lowest BCUT2D eigenvalue weighted by Gasteiger charge is -2.25. The summed E-state index contributed by atoms with van der Waals surface area (Å²) in [5, 5.41) is 6.39. The number of ether oxygens (including phenoxy) is 1. The summed E-state index contributed by atoms with van der Waals surface area (Å²) in [7, 11) is 0. The quantitative estimate of drug-likeness (QED) is 0.422. The topological polar surface area (TPSA) is 39.9 Å². The van der Waals surface area contributed by atoms with Crippen molar-refractivity contribution < 1.29 is 4.74 Å². The van der Waals surface area contributed by atoms with Crippen molar-refractivity contribution >= 4 is 22.5 Å². The van der Waals surface area contributed by atoms with Crippen LogP contribution >= 0.6 is 11.6 Å². The molecule has 0 radical (unpaired) electrons. The summed E-state index contributed by atoms with van der Waals surface area (Å²) in [6, 6.07) is 20.0. The molecule has 0 aliphatic heterocycles. The van der Waals surface area contributed by atoms with Crippen LogP contribution in [0, 0.1) is 0 Å². The number of nitrogens with zero attached hydrogens (tertiary/aromatic N) is 3. The summed E-state index contributed by atoms with van der Waals surface area (Å²) in [5.41, 5.74) is 2.61. The third-order valence-corrected chi connectivity index (χ3v) is 5.36. The van der Waals surface area contributed by atoms with Crippen molar-refractivity contribution in [2.45, 2.75) is 25.3 Å². The van der Waals surface area contributed by atoms with E-state index in [1.54, 1.807) is 0 Å². The van der Waals surface area contributed by atoms with Crippen LogP contribution in [-0.4, -0.2) is 14.8 Å². The van der Waals surface area contributed by atoms with Gasteiger partial charge in [0.25, 0.3) is 0 Å². The fourth-order valence-corrected chi connectivity index (χ4v) is 3.59. The van der Waals surface area contributed by atoms with Gasteiger partial charge in [-0.05, 0) is 55.7 Å². The zero-order valence-electron chi connectivity index (χ0n) is 14.7. The molecule has 0 amide bonds. The van der Waals surface area contributed by atoms with Crippen molar-refractivity contribution in [3.05, 3.63) is 71.9 Å². The predicted octanol–water partition coefficient (Wildman–Crippen LogP) is 6.27. The molecule has 0 N–H and O–H groups in total. The van der Waals surface area contributed by atoms with Gasteiger partial charge in [0.05, 0.1) is 22.3 Å². The van der Waals surface area contributed by atoms with Crippen molar-refractivity contribution in [3.8, 4) is 22.9 Å². The lowest BCUT2D eigenvalue weighted by Crippen LogP contribution is -2.17. The molecule has 2 aromatic carbocycles. The summed E-state index contributed by atoms with van der Waals surface area (Å²) in [5.74, 6) is 1.32. The minimum absolute atomic E-state index is 0.530. The Morgan fingerprint density at radius 1 is 1.00 bits per heavy atom. The maximum absolute atomic E-state index is 6.54. The molecule has 0 saturated heterocycles. The zero-order valence-corrected chi connectivity index (χ0v) is 15.4. The molecule has 2 aromatic heterocycles. The van der Waals surface area contributed by atoms with Crippen LogP contribution < -0.4 is 4.74 Å². The number of halogens is 1. The Balaban J connectivity index is 1.51. The van der Waals surface area contributed by atoms with Crippen LogP contribution in [0.4, 0.5) is 0 Å². The highest BCUT2D eigenvalue weighted by Crippen LogP contribution is 2.35. The second kappa shape index (κ2) is 6.71. The molecular weight excluding hydrogens is 358 g/mol. The van der Waals surface area contributed by atoms with E-state index in [0.29, 0.717) is 16.9 Å². The molecule has 2 heterocycles. The number of para-hydroxylation sites is 1. The molecule has 134 valence electrons. The SMILES string of the molecule is Clc1cc2ccc(Oc3ccccc3)nc2cc1-c1ccn(C2CCC2)n1. The van der Waals surface area contributed by atoms with E-state index in [1.165, 1.54) is 19.3 Å². The van der Waals surface area contributed by atoms with Crippen LogP contribution in [0.1, 0.15) is 25.3 Å². The number of hydrogen-bond acceptors (Lipinski definition) is 3. The second-order valence-electron chi connectivity index (χ2n) is 6.86. The van der Waals surface area contributed by atoms with Crippen LogP contribution in [-0.2, 0) is 0 Å². The second-order valence-corrected chi connectivity index (χ2v) is 7.26. The van der Waals surface area contributed by atoms with Gasteiger partial charge in [0.2, 0.25) is 5.88 Å². The van der Waals surface area contributed by atoms with E-state index in [9.17, 15) is 0 Å². The first-order valence-corrected chi connectivity index (χ1v) is 9.53. The van der Waals surface area contributed by atoms with Gasteiger partial charge in [-0.2, -0.15) is 5.10 Å². The van der Waals surface area contributed by atoms with Gasteiger partial charge in [-0.1, -0.05) is 29.8 Å². The summed E-state index contributed by atoms with van der Waals surface area (Å²) in [4.78, 5) is 4.65. The summed E-state index contributed by atoms with van der Waals surface area (Å²) in [6.45, 7) is 0. The van der Waals surface area contributed by atoms with Crippen molar-refractivity contribution in [3.63, 3.8) is 0 Å². The highest BCUT2D eigenvalue weighted by molar-refractivity contribution is 6.34. The Hall–Kier alpha value is -2.85. The maximum Gasteiger partial charge on any atom is 0.219 e. The van der Waals surface area contributed by atoms with Gasteiger partial charge >= 0.3 is 0 Å². The number of pyridine rings is 1. The van der Waals surface area contributed by atoms with Gasteiger partial charge in [-0.25, -0.2) is 4.98 Å². The van der Waals surface area contributed by atoms with E-state index in [4.69, 9.17) is 21.4 Å². The first kappa shape index (κ1) is 16.3. The molecule has 0 unspecified atom stereocenters. The van der Waals surface area contributed by atoms with Crippen molar-refractivity contribution in [1.82, 2.24) is 14.8 Å². The standard InChI is InChI=1S/C22H18ClN3O/c23-19-13-15-9-10-22(27-17-7-2-1-3-8-17)24-21(15)14-18(19)20-11-12-26(25-20)16-5-4-6-16/h1-3,7-14,16H,4-6H2. The van der Waals surface area contributed by atoms with Gasteiger partial charge in [0.1, 0.15) is 5.75 Å². The van der Waals surface area contributed by atoms with Crippen LogP contribution in [0.15, 0.2) is 66.9 Å². The number of aromatic nitrogens is 3. The summed E-state index contributed by atoms with van der Waals surface area (Å²) < 4.78 is 7.91. The van der Waals surface area contributed by atoms with Crippen LogP contribution in [0.5, 0.6) is 11.6 Å². The predicted molar refractivity (Wildman–Crippen MR) is 107 cm³/mol. The molecule has 0 atom stereocenters. The Morgan fingerprint density at radius 2 is 1.85 bits per heavy atom. The average Bonchev–Trinajstić information content (AvgIpc) is 3.10. The van der Waals surface area contributed by atoms with Crippen molar-refractivity contribution in [2.24, 2.45) is 0 Å². The third kappa shape index (κ3) is 3.17. The zero-order chi connectivity index (χ0) is 18.2. The smallest absolute Gasteiger partial charge is 0.219 e. The monoisotopic (exact) mass is 375 g/mol. The van der Waals surface area contributed by atoms with Crippen molar-refractivity contribution in [2.75, 3.05) is 0 Å². The van der Waals surface area contributed by atoms with Crippen LogP contribution in [0.2, 0.25) is 5.02 Å². The minimum Gasteiger partial charge on any atom is -0.439 e. The molecule has 1 saturated carbocycles. The highest BCUT2D eigenvalue weighted by atomic mass is 35.5. The van der Waals surface area contributed by atoms with E-state index in [1.807, 2.05) is 66.9 Å². The fourth-order valence-electron chi connectivity index (χ4n) is 3.32. The summed E-state index contributed by atoms with van der Waals surface area (Å²) in [6.07, 6.45) is 5.73. The Morgan fingerprint density at radius 3 is 2.63 bits per heavy atom. The van der Waals surface area contributed by atoms with E-state index >= 15 is 0 Å². The Labute approximate surface area is 162 Å². The molecule has 1 fully saturated rings. The third-order valence-electron chi connectivity index (χ3n) is 5.05. The Bertz CT molecular complexity index is 1100. The molecule has 5 rings (SSSR count). The van der Waals surface area contributed by atoms with Crippen LogP contribution in [0.3, 0.4) is 0 Å². The van der Waals surface area contributed by atoms with Gasteiger partial charge in [0, 0.05) is 23.2 Å². The van der Waals surface area contributed by atoms with Crippen molar-refractivity contribution in [1.29, 1.82) is 0 Å². The largest absolute Gasteiger partial charge is 0.439 e. The molecule has 0 spiro atoms. The van der Waals surface area contributed by atoms with Gasteiger partial charge in [-0.15, -0.1) is 0 Å². The molecular formula is C22H18ClN3O. The van der Waals surface area contributed by atoms with E-state index < -0.39 is 0 Å². The molecule has 4 aromatic rings. The van der Waals surface area contributed by atoms with E-state index in [2.05, 4.69) is 9.67 Å². The van der Waals surface area contributed by atoms with E-state index in [0.717, 1.165) is 27.9 Å². The number of hydrogen-bond donors (Lipinski definition) is 0. The first-order chi connectivity index (χ1) is 13.3. The van der Waals surface area contributed by atoms with Gasteiger partial charge in [0.15, 0.2) is 0 Å². The molecule has 1 aliphatic carbocycles. The summed E-state index contributed by atoms with van der Waals surface area (Å²) >= 11 is 6.54. The molecule has 0 bridgehead atoms. The minimum atomic E-state index is 0.530. The maximum atomic E-state index is 6.54. The number of benzene rings is 2. The Kier molecular flexibility index (Phi) is 4.06. The molecule has 1 aliphatic rings. The van der Waals surface area contributed by atoms with E-state index in [-0.39, 0.29) is 0 Å². The normalized spacial score (nSPS) is 14.3.